The van der Waals surface area contributed by atoms with Gasteiger partial charge < -0.3 is 11.1 Å². The molecule has 1 aromatic rings. The zero-order chi connectivity index (χ0) is 13.7. The molecule has 3 N–H and O–H groups in total. The maximum absolute atomic E-state index is 12.1. The Morgan fingerprint density at radius 1 is 1.32 bits per heavy atom. The zero-order valence-corrected chi connectivity index (χ0v) is 11.6. The third-order valence-electron chi connectivity index (χ3n) is 4.09. The Kier molecular flexibility index (Phi) is 4.97. The molecule has 1 aliphatic rings. The molecule has 0 saturated heterocycles. The molecule has 3 atom stereocenters. The third-order valence-corrected chi connectivity index (χ3v) is 4.09. The summed E-state index contributed by atoms with van der Waals surface area (Å²) >= 11 is 0. The number of amides is 1. The molecule has 104 valence electrons. The van der Waals surface area contributed by atoms with Gasteiger partial charge in [0.25, 0.3) is 0 Å². The monoisotopic (exact) mass is 260 g/mol. The lowest BCUT2D eigenvalue weighted by Crippen LogP contribution is -2.37. The second-order valence-electron chi connectivity index (χ2n) is 5.61. The highest BCUT2D eigenvalue weighted by atomic mass is 16.1. The number of nitrogens with one attached hydrogen (secondary N) is 1. The van der Waals surface area contributed by atoms with Crippen molar-refractivity contribution in [1.29, 1.82) is 0 Å². The first kappa shape index (κ1) is 14.1. The van der Waals surface area contributed by atoms with Gasteiger partial charge in [0.05, 0.1) is 6.04 Å². The Balaban J connectivity index is 1.84. The largest absolute Gasteiger partial charge is 0.350 e. The lowest BCUT2D eigenvalue weighted by molar-refractivity contribution is -0.123. The highest BCUT2D eigenvalue weighted by Crippen LogP contribution is 2.25. The van der Waals surface area contributed by atoms with E-state index in [1.54, 1.807) is 0 Å². The fourth-order valence-corrected chi connectivity index (χ4v) is 2.85. The topological polar surface area (TPSA) is 55.1 Å². The maximum Gasteiger partial charge on any atom is 0.220 e. The van der Waals surface area contributed by atoms with Crippen molar-refractivity contribution in [2.24, 2.45) is 11.7 Å². The summed E-state index contributed by atoms with van der Waals surface area (Å²) in [6, 6.07) is 10.3. The van der Waals surface area contributed by atoms with Crippen LogP contribution in [0.15, 0.2) is 30.3 Å². The van der Waals surface area contributed by atoms with Crippen molar-refractivity contribution in [3.8, 4) is 0 Å². The number of nitrogens with two attached hydrogens (primary N) is 1. The summed E-state index contributed by atoms with van der Waals surface area (Å²) in [6.07, 6.45) is 5.14. The normalized spacial score (nSPS) is 24.7. The quantitative estimate of drug-likeness (QED) is 0.874. The molecular formula is C16H24N2O. The first-order chi connectivity index (χ1) is 9.16. The molecule has 19 heavy (non-hydrogen) atoms. The average Bonchev–Trinajstić information content (AvgIpc) is 2.42. The maximum atomic E-state index is 12.1. The van der Waals surface area contributed by atoms with Crippen LogP contribution in [0.2, 0.25) is 0 Å². The van der Waals surface area contributed by atoms with Gasteiger partial charge in [-0.05, 0) is 31.2 Å². The van der Waals surface area contributed by atoms with Crippen molar-refractivity contribution in [2.75, 3.05) is 0 Å². The van der Waals surface area contributed by atoms with E-state index in [9.17, 15) is 4.79 Å². The Labute approximate surface area is 115 Å². The smallest absolute Gasteiger partial charge is 0.220 e. The summed E-state index contributed by atoms with van der Waals surface area (Å²) in [6.45, 7) is 2.02. The fraction of sp³-hybridized carbons (Fsp3) is 0.562. The molecule has 0 aromatic heterocycles. The van der Waals surface area contributed by atoms with Crippen molar-refractivity contribution >= 4 is 5.91 Å². The van der Waals surface area contributed by atoms with E-state index in [1.807, 2.05) is 37.3 Å². The van der Waals surface area contributed by atoms with Gasteiger partial charge in [-0.3, -0.25) is 4.79 Å². The van der Waals surface area contributed by atoms with E-state index >= 15 is 0 Å². The average molecular weight is 260 g/mol. The number of rotatable bonds is 4. The third kappa shape index (κ3) is 4.06. The van der Waals surface area contributed by atoms with Gasteiger partial charge in [0.2, 0.25) is 5.91 Å². The van der Waals surface area contributed by atoms with Gasteiger partial charge in [-0.15, -0.1) is 0 Å². The molecule has 1 aliphatic carbocycles. The first-order valence-electron chi connectivity index (χ1n) is 7.26. The van der Waals surface area contributed by atoms with E-state index < -0.39 is 0 Å². The minimum atomic E-state index is 0.0634. The zero-order valence-electron chi connectivity index (χ0n) is 11.6. The molecule has 1 fully saturated rings. The summed E-state index contributed by atoms with van der Waals surface area (Å²) < 4.78 is 0. The SMILES string of the molecule is CC(NC(=O)CC1CCCCC1N)c1ccccc1. The summed E-state index contributed by atoms with van der Waals surface area (Å²) in [5.74, 6) is 0.482. The van der Waals surface area contributed by atoms with Gasteiger partial charge in [0, 0.05) is 12.5 Å². The Morgan fingerprint density at radius 3 is 2.68 bits per heavy atom. The van der Waals surface area contributed by atoms with Gasteiger partial charge in [0.1, 0.15) is 0 Å². The minimum Gasteiger partial charge on any atom is -0.350 e. The fourth-order valence-electron chi connectivity index (χ4n) is 2.85. The molecule has 0 radical (unpaired) electrons. The van der Waals surface area contributed by atoms with Gasteiger partial charge in [-0.25, -0.2) is 0 Å². The van der Waals surface area contributed by atoms with E-state index in [4.69, 9.17) is 5.73 Å². The van der Waals surface area contributed by atoms with Crippen LogP contribution in [0.25, 0.3) is 0 Å². The number of hydrogen-bond acceptors (Lipinski definition) is 2. The Bertz CT molecular complexity index is 404. The Hall–Kier alpha value is -1.35. The first-order valence-corrected chi connectivity index (χ1v) is 7.26. The molecule has 1 saturated carbocycles. The molecule has 0 heterocycles. The minimum absolute atomic E-state index is 0.0634. The lowest BCUT2D eigenvalue weighted by atomic mass is 9.83. The number of carbonyl (C=O) groups excluding carboxylic acids is 1. The van der Waals surface area contributed by atoms with Crippen LogP contribution in [0.1, 0.15) is 50.6 Å². The summed E-state index contributed by atoms with van der Waals surface area (Å²) in [5, 5.41) is 3.07. The molecule has 3 unspecified atom stereocenters. The predicted molar refractivity (Wildman–Crippen MR) is 77.6 cm³/mol. The van der Waals surface area contributed by atoms with Crippen molar-refractivity contribution in [1.82, 2.24) is 5.32 Å². The Morgan fingerprint density at radius 2 is 2.00 bits per heavy atom. The number of benzene rings is 1. The van der Waals surface area contributed by atoms with E-state index in [2.05, 4.69) is 5.32 Å². The summed E-state index contributed by atoms with van der Waals surface area (Å²) in [4.78, 5) is 12.1. The summed E-state index contributed by atoms with van der Waals surface area (Å²) in [5.41, 5.74) is 7.23. The van der Waals surface area contributed by atoms with Gasteiger partial charge in [0.15, 0.2) is 0 Å². The van der Waals surface area contributed by atoms with E-state index in [0.717, 1.165) is 18.4 Å². The van der Waals surface area contributed by atoms with E-state index in [0.29, 0.717) is 12.3 Å². The second-order valence-corrected chi connectivity index (χ2v) is 5.61. The number of hydrogen-bond donors (Lipinski definition) is 2. The van der Waals surface area contributed by atoms with Crippen molar-refractivity contribution in [3.05, 3.63) is 35.9 Å². The van der Waals surface area contributed by atoms with Crippen LogP contribution >= 0.6 is 0 Å². The molecule has 2 rings (SSSR count). The molecule has 1 amide bonds. The molecule has 1 aromatic carbocycles. The van der Waals surface area contributed by atoms with Crippen molar-refractivity contribution in [2.45, 2.75) is 51.1 Å². The van der Waals surface area contributed by atoms with Crippen molar-refractivity contribution in [3.63, 3.8) is 0 Å². The van der Waals surface area contributed by atoms with E-state index in [-0.39, 0.29) is 18.0 Å². The van der Waals surface area contributed by atoms with Crippen LogP contribution in [-0.2, 0) is 4.79 Å². The second kappa shape index (κ2) is 6.71. The van der Waals surface area contributed by atoms with Gasteiger partial charge in [-0.2, -0.15) is 0 Å². The summed E-state index contributed by atoms with van der Waals surface area (Å²) in [7, 11) is 0. The molecule has 0 bridgehead atoms. The molecule has 3 nitrogen and oxygen atoms in total. The van der Waals surface area contributed by atoms with Crippen LogP contribution in [0.3, 0.4) is 0 Å². The van der Waals surface area contributed by atoms with Crippen LogP contribution in [0.4, 0.5) is 0 Å². The lowest BCUT2D eigenvalue weighted by Gasteiger charge is -2.28. The molecular weight excluding hydrogens is 236 g/mol. The number of carbonyl (C=O) groups is 1. The van der Waals surface area contributed by atoms with Crippen LogP contribution in [-0.4, -0.2) is 11.9 Å². The molecule has 3 heteroatoms. The van der Waals surface area contributed by atoms with Gasteiger partial charge >= 0.3 is 0 Å². The van der Waals surface area contributed by atoms with Crippen molar-refractivity contribution < 1.29 is 4.79 Å². The standard InChI is InChI=1S/C16H24N2O/c1-12(13-7-3-2-4-8-13)18-16(19)11-14-9-5-6-10-15(14)17/h2-4,7-8,12,14-15H,5-6,9-11,17H2,1H3,(H,18,19). The van der Waals surface area contributed by atoms with Crippen LogP contribution in [0.5, 0.6) is 0 Å². The van der Waals surface area contributed by atoms with Gasteiger partial charge in [-0.1, -0.05) is 43.2 Å². The van der Waals surface area contributed by atoms with Crippen LogP contribution < -0.4 is 11.1 Å². The van der Waals surface area contributed by atoms with Crippen LogP contribution in [0, 0.1) is 5.92 Å². The highest BCUT2D eigenvalue weighted by molar-refractivity contribution is 5.76. The highest BCUT2D eigenvalue weighted by Gasteiger charge is 2.24. The molecule has 0 aliphatic heterocycles. The molecule has 0 spiro atoms. The predicted octanol–water partition coefficient (Wildman–Crippen LogP) is 2.77. The van der Waals surface area contributed by atoms with E-state index in [1.165, 1.54) is 12.8 Å².